The van der Waals surface area contributed by atoms with Gasteiger partial charge in [-0.3, -0.25) is 0 Å². The number of hydrogen-bond acceptors (Lipinski definition) is 4. The fraction of sp³-hybridized carbons (Fsp3) is 0.400. The molecule has 0 aromatic heterocycles. The third-order valence-corrected chi connectivity index (χ3v) is 6.50. The average Bonchev–Trinajstić information content (AvgIpc) is 2.65. The van der Waals surface area contributed by atoms with Crippen LogP contribution in [0.3, 0.4) is 0 Å². The Balaban J connectivity index is 2.33. The summed E-state index contributed by atoms with van der Waals surface area (Å²) in [6.07, 6.45) is 0. The van der Waals surface area contributed by atoms with E-state index in [0.29, 0.717) is 10.5 Å². The quantitative estimate of drug-likeness (QED) is 0.545. The Bertz CT molecular complexity index is 541. The molecule has 0 radical (unpaired) electrons. The van der Waals surface area contributed by atoms with Gasteiger partial charge >= 0.3 is 0 Å². The van der Waals surface area contributed by atoms with Gasteiger partial charge < -0.3 is 9.47 Å². The molecule has 0 unspecified atom stereocenters. The van der Waals surface area contributed by atoms with Crippen LogP contribution in [0.4, 0.5) is 0 Å². The normalized spacial score (nSPS) is 13.3. The highest BCUT2D eigenvalue weighted by Crippen LogP contribution is 2.48. The van der Waals surface area contributed by atoms with Crippen molar-refractivity contribution in [3.8, 4) is 11.5 Å². The second kappa shape index (κ2) is 9.90. The van der Waals surface area contributed by atoms with Gasteiger partial charge in [-0.2, -0.15) is 23.5 Å². The standard InChI is InChI=1S/C20H26O2S2/c1-5-23-19(15-7-11-17(21-3)12-8-15)20(24-6-2)16-9-13-18(22-4)14-10-16/h7-14,19-20H,5-6H2,1-4H3/t19-,20-/m0/s1. The van der Waals surface area contributed by atoms with E-state index in [9.17, 15) is 0 Å². The van der Waals surface area contributed by atoms with Crippen molar-refractivity contribution in [1.29, 1.82) is 0 Å². The second-order valence-electron chi connectivity index (χ2n) is 5.30. The maximum atomic E-state index is 5.30. The Labute approximate surface area is 154 Å². The molecule has 0 aliphatic heterocycles. The maximum Gasteiger partial charge on any atom is 0.118 e. The molecule has 0 saturated heterocycles. The third kappa shape index (κ3) is 4.87. The van der Waals surface area contributed by atoms with Gasteiger partial charge in [0.2, 0.25) is 0 Å². The third-order valence-electron chi connectivity index (χ3n) is 3.86. The predicted molar refractivity (Wildman–Crippen MR) is 108 cm³/mol. The molecule has 2 aromatic carbocycles. The molecule has 130 valence electrons. The van der Waals surface area contributed by atoms with Crippen LogP contribution in [0, 0.1) is 0 Å². The van der Waals surface area contributed by atoms with E-state index >= 15 is 0 Å². The molecule has 2 nitrogen and oxygen atoms in total. The van der Waals surface area contributed by atoms with Crippen LogP contribution in [0.15, 0.2) is 48.5 Å². The van der Waals surface area contributed by atoms with Gasteiger partial charge in [0.15, 0.2) is 0 Å². The molecule has 0 aliphatic rings. The van der Waals surface area contributed by atoms with Crippen molar-refractivity contribution in [2.24, 2.45) is 0 Å². The van der Waals surface area contributed by atoms with Crippen molar-refractivity contribution in [3.05, 3.63) is 59.7 Å². The Morgan fingerprint density at radius 2 is 1.00 bits per heavy atom. The summed E-state index contributed by atoms with van der Waals surface area (Å²) in [7, 11) is 3.42. The summed E-state index contributed by atoms with van der Waals surface area (Å²) >= 11 is 4.01. The Morgan fingerprint density at radius 1 is 0.667 bits per heavy atom. The van der Waals surface area contributed by atoms with Gasteiger partial charge in [0.1, 0.15) is 11.5 Å². The SMILES string of the molecule is CCS[C@@H](c1ccc(OC)cc1)[C@@H](SCC)c1ccc(OC)cc1. The van der Waals surface area contributed by atoms with Crippen LogP contribution in [-0.2, 0) is 0 Å². The van der Waals surface area contributed by atoms with Crippen molar-refractivity contribution in [3.63, 3.8) is 0 Å². The summed E-state index contributed by atoms with van der Waals surface area (Å²) < 4.78 is 10.6. The molecule has 0 bridgehead atoms. The monoisotopic (exact) mass is 362 g/mol. The topological polar surface area (TPSA) is 18.5 Å². The number of methoxy groups -OCH3 is 2. The van der Waals surface area contributed by atoms with Crippen LogP contribution in [0.25, 0.3) is 0 Å². The van der Waals surface area contributed by atoms with Crippen LogP contribution >= 0.6 is 23.5 Å². The molecule has 2 atom stereocenters. The predicted octanol–water partition coefficient (Wildman–Crippen LogP) is 5.99. The number of ether oxygens (including phenoxy) is 2. The van der Waals surface area contributed by atoms with Crippen molar-refractivity contribution in [1.82, 2.24) is 0 Å². The summed E-state index contributed by atoms with van der Waals surface area (Å²) in [5, 5.41) is 0.832. The van der Waals surface area contributed by atoms with Gasteiger partial charge in [-0.25, -0.2) is 0 Å². The molecule has 0 N–H and O–H groups in total. The van der Waals surface area contributed by atoms with Crippen molar-refractivity contribution in [2.75, 3.05) is 25.7 Å². The minimum absolute atomic E-state index is 0.416. The molecule has 2 rings (SSSR count). The van der Waals surface area contributed by atoms with Gasteiger partial charge in [-0.05, 0) is 46.9 Å². The van der Waals surface area contributed by atoms with Crippen molar-refractivity contribution in [2.45, 2.75) is 24.3 Å². The molecule has 0 amide bonds. The van der Waals surface area contributed by atoms with Crippen molar-refractivity contribution < 1.29 is 9.47 Å². The average molecular weight is 363 g/mol. The van der Waals surface area contributed by atoms with E-state index in [-0.39, 0.29) is 0 Å². The first kappa shape index (κ1) is 19.1. The Morgan fingerprint density at radius 3 is 1.25 bits per heavy atom. The molecule has 0 aliphatic carbocycles. The minimum Gasteiger partial charge on any atom is -0.497 e. The van der Waals surface area contributed by atoms with Crippen LogP contribution in [0.2, 0.25) is 0 Å². The van der Waals surface area contributed by atoms with Crippen LogP contribution < -0.4 is 9.47 Å². The summed E-state index contributed by atoms with van der Waals surface area (Å²) in [6, 6.07) is 17.0. The molecular weight excluding hydrogens is 336 g/mol. The van der Waals surface area contributed by atoms with Gasteiger partial charge in [0, 0.05) is 10.5 Å². The lowest BCUT2D eigenvalue weighted by molar-refractivity contribution is 0.414. The van der Waals surface area contributed by atoms with E-state index in [2.05, 4.69) is 62.4 Å². The lowest BCUT2D eigenvalue weighted by atomic mass is 10.0. The Hall–Kier alpha value is -1.26. The molecular formula is C20H26O2S2. The summed E-state index contributed by atoms with van der Waals surface area (Å²) in [5.74, 6) is 3.99. The van der Waals surface area contributed by atoms with Gasteiger partial charge in [-0.1, -0.05) is 38.1 Å². The van der Waals surface area contributed by atoms with E-state index < -0.39 is 0 Å². The zero-order valence-corrected chi connectivity index (χ0v) is 16.5. The van der Waals surface area contributed by atoms with Crippen molar-refractivity contribution >= 4 is 23.5 Å². The lowest BCUT2D eigenvalue weighted by Gasteiger charge is -2.27. The van der Waals surface area contributed by atoms with Gasteiger partial charge in [-0.15, -0.1) is 0 Å². The zero-order valence-electron chi connectivity index (χ0n) is 14.8. The molecule has 0 saturated carbocycles. The highest BCUT2D eigenvalue weighted by Gasteiger charge is 2.25. The first-order chi connectivity index (χ1) is 11.7. The summed E-state index contributed by atoms with van der Waals surface area (Å²) in [4.78, 5) is 0. The second-order valence-corrected chi connectivity index (χ2v) is 8.14. The van der Waals surface area contributed by atoms with E-state index in [4.69, 9.17) is 9.47 Å². The fourth-order valence-electron chi connectivity index (χ4n) is 2.66. The first-order valence-corrected chi connectivity index (χ1v) is 10.3. The largest absolute Gasteiger partial charge is 0.497 e. The number of thioether (sulfide) groups is 2. The molecule has 2 aromatic rings. The summed E-state index contributed by atoms with van der Waals surface area (Å²) in [5.41, 5.74) is 2.70. The molecule has 0 heterocycles. The Kier molecular flexibility index (Phi) is 7.86. The molecule has 0 spiro atoms. The summed E-state index contributed by atoms with van der Waals surface area (Å²) in [6.45, 7) is 4.45. The fourth-order valence-corrected chi connectivity index (χ4v) is 5.22. The molecule has 24 heavy (non-hydrogen) atoms. The maximum absolute atomic E-state index is 5.30. The number of hydrogen-bond donors (Lipinski definition) is 0. The molecule has 0 fully saturated rings. The highest BCUT2D eigenvalue weighted by molar-refractivity contribution is 8.03. The van der Waals surface area contributed by atoms with Crippen LogP contribution in [0.1, 0.15) is 35.5 Å². The van der Waals surface area contributed by atoms with Crippen LogP contribution in [0.5, 0.6) is 11.5 Å². The van der Waals surface area contributed by atoms with E-state index in [1.165, 1.54) is 11.1 Å². The number of rotatable bonds is 9. The van der Waals surface area contributed by atoms with E-state index in [1.54, 1.807) is 14.2 Å². The first-order valence-electron chi connectivity index (χ1n) is 8.24. The van der Waals surface area contributed by atoms with E-state index in [0.717, 1.165) is 23.0 Å². The molecule has 4 heteroatoms. The minimum atomic E-state index is 0.416. The lowest BCUT2D eigenvalue weighted by Crippen LogP contribution is -2.07. The smallest absolute Gasteiger partial charge is 0.118 e. The number of benzene rings is 2. The van der Waals surface area contributed by atoms with Crippen LogP contribution in [-0.4, -0.2) is 25.7 Å². The van der Waals surface area contributed by atoms with Gasteiger partial charge in [0.25, 0.3) is 0 Å². The zero-order chi connectivity index (χ0) is 17.4. The highest BCUT2D eigenvalue weighted by atomic mass is 32.2. The van der Waals surface area contributed by atoms with E-state index in [1.807, 2.05) is 23.5 Å². The van der Waals surface area contributed by atoms with Gasteiger partial charge in [0.05, 0.1) is 14.2 Å².